The molecule has 0 radical (unpaired) electrons. The third kappa shape index (κ3) is 20.7. The Labute approximate surface area is 389 Å². The van der Waals surface area contributed by atoms with Crippen LogP contribution in [0.5, 0.6) is 0 Å². The number of hydrogen-bond donors (Lipinski definition) is 7. The molecule has 322 valence electrons. The molecule has 0 saturated carbocycles. The van der Waals surface area contributed by atoms with Crippen LogP contribution in [0.25, 0.3) is 0 Å². The zero-order valence-corrected chi connectivity index (χ0v) is 40.7. The Bertz CT molecular complexity index is 1620. The van der Waals surface area contributed by atoms with Crippen LogP contribution in [0, 0.1) is 0 Å². The molecule has 0 heterocycles. The van der Waals surface area contributed by atoms with Gasteiger partial charge in [-0.2, -0.15) is 0 Å². The van der Waals surface area contributed by atoms with Crippen molar-refractivity contribution in [3.8, 4) is 0 Å². The smallest absolute Gasteiger partial charge is 0.404 e. The summed E-state index contributed by atoms with van der Waals surface area (Å²) >= 11 is 0. The van der Waals surface area contributed by atoms with E-state index in [9.17, 15) is 24.0 Å². The fourth-order valence-electron chi connectivity index (χ4n) is 5.06. The van der Waals surface area contributed by atoms with Gasteiger partial charge in [0.1, 0.15) is 0 Å². The number of benzene rings is 6. The van der Waals surface area contributed by atoms with Gasteiger partial charge in [0.15, 0.2) is 0 Å². The van der Waals surface area contributed by atoms with E-state index in [0.717, 1.165) is 36.1 Å². The van der Waals surface area contributed by atoms with Crippen molar-refractivity contribution in [2.24, 2.45) is 0 Å². The summed E-state index contributed by atoms with van der Waals surface area (Å²) in [6.45, 7) is 4.79. The molecule has 11 N–H and O–H groups in total. The fourth-order valence-corrected chi connectivity index (χ4v) is 10.5. The first-order valence-corrected chi connectivity index (χ1v) is 24.4. The normalized spacial score (nSPS) is 10.1. The van der Waals surface area contributed by atoms with Crippen molar-refractivity contribution in [2.45, 2.75) is 39.5 Å². The molecule has 10 nitrogen and oxygen atoms in total. The molecule has 0 aliphatic heterocycles. The van der Waals surface area contributed by atoms with Gasteiger partial charge in [0.05, 0.1) is 0 Å². The van der Waals surface area contributed by atoms with Crippen LogP contribution in [-0.4, -0.2) is 91.2 Å². The van der Waals surface area contributed by atoms with E-state index in [-0.39, 0.29) is 54.4 Å². The van der Waals surface area contributed by atoms with Crippen molar-refractivity contribution < 1.29 is 93.0 Å². The van der Waals surface area contributed by atoms with Crippen LogP contribution in [0.1, 0.15) is 39.5 Å². The summed E-state index contributed by atoms with van der Waals surface area (Å²) in [5, 5.41) is 20.3. The Hall–Kier alpha value is -3.00. The quantitative estimate of drug-likeness (QED) is 0.0938. The molecular weight excluding hydrogens is 880 g/mol. The van der Waals surface area contributed by atoms with Crippen LogP contribution >= 0.6 is 0 Å². The maximum Gasteiger partial charge on any atom is 0.404 e. The van der Waals surface area contributed by atoms with Gasteiger partial charge in [-0.25, -0.2) is 0 Å². The molecule has 0 saturated heterocycles. The van der Waals surface area contributed by atoms with E-state index < -0.39 is 25.7 Å². The fraction of sp³-hybridized carbons (Fsp3) is 0.200. The van der Waals surface area contributed by atoms with Crippen LogP contribution in [0.15, 0.2) is 182 Å². The first kappa shape index (κ1) is 61.3. The molecule has 0 aromatic heterocycles. The van der Waals surface area contributed by atoms with Gasteiger partial charge in [0, 0.05) is 63.8 Å². The van der Waals surface area contributed by atoms with Gasteiger partial charge >= 0.3 is 25.7 Å². The van der Waals surface area contributed by atoms with Crippen molar-refractivity contribution >= 4 is 56.8 Å². The minimum Gasteiger partial charge on any atom is -0.412 e. The Morgan fingerprint density at radius 3 is 0.683 bits per heavy atom. The molecule has 6 rings (SSSR count). The van der Waals surface area contributed by atoms with E-state index in [4.69, 9.17) is 14.6 Å². The topological polar surface area (TPSA) is 214 Å². The van der Waals surface area contributed by atoms with E-state index in [2.05, 4.69) is 13.8 Å². The van der Waals surface area contributed by atoms with Gasteiger partial charge in [-0.3, -0.25) is 0 Å². The van der Waals surface area contributed by atoms with Gasteiger partial charge in [-0.1, -0.05) is 209 Å². The van der Waals surface area contributed by atoms with Gasteiger partial charge in [-0.15, -0.1) is 0 Å². The minimum absolute atomic E-state index is 0. The summed E-state index contributed by atoms with van der Waals surface area (Å²) in [6.07, 6.45) is 4.08. The maximum atomic E-state index is 10.7. The molecule has 0 unspecified atom stereocenters. The molecule has 0 aliphatic rings. The molecule has 0 aliphatic carbocycles. The van der Waals surface area contributed by atoms with E-state index in [1.165, 1.54) is 0 Å². The third-order valence-electron chi connectivity index (χ3n) is 8.35. The average molecular weight is 943 g/mol. The number of aliphatic hydroxyl groups is 2. The molecule has 15 heteroatoms. The summed E-state index contributed by atoms with van der Waals surface area (Å²) < 4.78 is 5.40. The Morgan fingerprint density at radius 2 is 0.550 bits per heavy atom. The Balaban J connectivity index is -0.000000708. The maximum absolute atomic E-state index is 10.7. The zero-order valence-electron chi connectivity index (χ0n) is 34.6. The number of hydrogen-bond acceptors (Lipinski definition) is 8. The number of aliphatic hydroxyl groups excluding tert-OH is 2. The molecule has 6 aromatic rings. The monoisotopic (exact) mass is 942 g/mol. The van der Waals surface area contributed by atoms with Crippen LogP contribution in [0.3, 0.4) is 0 Å². The van der Waals surface area contributed by atoms with Crippen molar-refractivity contribution in [1.29, 1.82) is 0 Å². The minimum atomic E-state index is -3.46. The molecular formula is C45H62O10Si3Ti2. The van der Waals surface area contributed by atoms with Gasteiger partial charge in [0.2, 0.25) is 0 Å². The number of rotatable bonds is 11. The Kier molecular flexibility index (Phi) is 35.3. The summed E-state index contributed by atoms with van der Waals surface area (Å²) in [7, 11) is -8.32. The predicted octanol–water partition coefficient (Wildman–Crippen LogP) is 1.24. The van der Waals surface area contributed by atoms with Crippen LogP contribution in [0.2, 0.25) is 0 Å². The SMILES string of the molecule is CCCCO.CCCCO.CO[Si](O)(c1ccccc1)c1ccccc1.O.O.O[Si](O)(c1ccccc1)c1ccccc1.O[Si](O)(c1ccccc1)c1ccccc1.[Ti].[Ti]. The molecule has 0 bridgehead atoms. The summed E-state index contributed by atoms with van der Waals surface area (Å²) in [5.41, 5.74) is 0. The predicted molar refractivity (Wildman–Crippen MR) is 243 cm³/mol. The average Bonchev–Trinajstić information content (AvgIpc) is 3.27. The van der Waals surface area contributed by atoms with Crippen molar-refractivity contribution in [3.63, 3.8) is 0 Å². The second-order valence-corrected chi connectivity index (χ2v) is 20.4. The van der Waals surface area contributed by atoms with Crippen molar-refractivity contribution in [2.75, 3.05) is 20.3 Å². The summed E-state index contributed by atoms with van der Waals surface area (Å²) in [4.78, 5) is 51.3. The molecule has 0 spiro atoms. The van der Waals surface area contributed by atoms with Gasteiger partial charge in [-0.05, 0) is 44.0 Å². The van der Waals surface area contributed by atoms with Crippen LogP contribution in [0.4, 0.5) is 0 Å². The van der Waals surface area contributed by atoms with E-state index in [1.807, 2.05) is 133 Å². The van der Waals surface area contributed by atoms with Crippen LogP contribution < -0.4 is 31.1 Å². The second kappa shape index (κ2) is 34.6. The summed E-state index contributed by atoms with van der Waals surface area (Å²) in [5.74, 6) is 0. The second-order valence-electron chi connectivity index (χ2n) is 12.5. The molecule has 0 amide bonds. The molecule has 6 aromatic carbocycles. The van der Waals surface area contributed by atoms with Gasteiger partial charge in [0.25, 0.3) is 0 Å². The molecule has 60 heavy (non-hydrogen) atoms. The van der Waals surface area contributed by atoms with Gasteiger partial charge < -0.3 is 49.6 Å². The van der Waals surface area contributed by atoms with E-state index in [0.29, 0.717) is 34.0 Å². The first-order chi connectivity index (χ1) is 27.0. The standard InChI is InChI=1S/C13H14O2Si.2C12H12O2Si.2C4H10O.2H2O.2Ti/c1-15-16(14,12-8-4-2-5-9-12)13-10-6-3-7-11-13;2*13-15(14,11-7-3-1-4-8-11)12-9-5-2-6-10-12;2*1-2-3-4-5;;;;/h2-11,14H,1H3;2*1-10,13-14H;2*5H,2-4H2,1H3;2*1H2;;. The Morgan fingerprint density at radius 1 is 0.367 bits per heavy atom. The summed E-state index contributed by atoms with van der Waals surface area (Å²) in [6, 6.07) is 55.1. The van der Waals surface area contributed by atoms with Crippen molar-refractivity contribution in [3.05, 3.63) is 182 Å². The first-order valence-electron chi connectivity index (χ1n) is 18.7. The van der Waals surface area contributed by atoms with E-state index >= 15 is 0 Å². The zero-order chi connectivity index (χ0) is 41.1. The van der Waals surface area contributed by atoms with Crippen molar-refractivity contribution in [1.82, 2.24) is 0 Å². The largest absolute Gasteiger partial charge is 0.412 e. The molecule has 0 fully saturated rings. The number of unbranched alkanes of at least 4 members (excludes halogenated alkanes) is 2. The van der Waals surface area contributed by atoms with Crippen LogP contribution in [-0.2, 0) is 47.9 Å². The molecule has 0 atom stereocenters. The van der Waals surface area contributed by atoms with E-state index in [1.54, 1.807) is 55.6 Å². The third-order valence-corrected chi connectivity index (χ3v) is 15.7.